The van der Waals surface area contributed by atoms with Crippen LogP contribution in [0, 0.1) is 45.3 Å². The first-order valence-electron chi connectivity index (χ1n) is 16.6. The number of carbonyl (C=O) groups excluding carboxylic acids is 2. The van der Waals surface area contributed by atoms with E-state index in [0.29, 0.717) is 5.56 Å². The van der Waals surface area contributed by atoms with Crippen LogP contribution in [0.2, 0.25) is 0 Å². The van der Waals surface area contributed by atoms with Gasteiger partial charge in [0.15, 0.2) is 0 Å². The predicted octanol–water partition coefficient (Wildman–Crippen LogP) is 5.86. The second-order valence-corrected chi connectivity index (χ2v) is 13.7. The van der Waals surface area contributed by atoms with E-state index in [-0.39, 0.29) is 55.2 Å². The molecule has 50 heavy (non-hydrogen) atoms. The van der Waals surface area contributed by atoms with Crippen molar-refractivity contribution >= 4 is 17.8 Å². The minimum Gasteiger partial charge on any atom is -0.481 e. The fourth-order valence-electron chi connectivity index (χ4n) is 6.55. The lowest BCUT2D eigenvalue weighted by Crippen LogP contribution is -2.54. The molecule has 0 bridgehead atoms. The Balaban J connectivity index is 1.56. The highest BCUT2D eigenvalue weighted by Gasteiger charge is 2.46. The van der Waals surface area contributed by atoms with Crippen LogP contribution in [0.5, 0.6) is 0 Å². The summed E-state index contributed by atoms with van der Waals surface area (Å²) >= 11 is 0. The molecular weight excluding hydrogens is 656 g/mol. The quantitative estimate of drug-likeness (QED) is 0.192. The summed E-state index contributed by atoms with van der Waals surface area (Å²) in [5.74, 6) is -5.07. The number of hydrogen-bond acceptors (Lipinski definition) is 5. The molecule has 3 N–H and O–H groups in total. The molecule has 0 saturated carbocycles. The molecule has 0 spiro atoms. The highest BCUT2D eigenvalue weighted by atomic mass is 19.4. The Hall–Kier alpha value is -4.52. The summed E-state index contributed by atoms with van der Waals surface area (Å²) in [7, 11) is 0. The standard InChI is InChI=1S/C37H44F4N4O5/c1-20(2)12-30(43-34(48)27-8-7-9-45(36(27)50)11-10-44-18-26(19-44)37(39,40)41)35(49)42-29(17-31(46)47)28-16-25(15-24(6)33(28)38)32-22(4)13-21(3)14-23(32)5/h7-9,13-16,20,26,29-30H,10-12,17-19H2,1-6H3,(H,42,49)(H,43,48)(H,46,47)/t29-,30-/m0/s1. The molecule has 2 amide bonds. The molecule has 2 aromatic carbocycles. The molecule has 1 aromatic heterocycles. The zero-order valence-corrected chi connectivity index (χ0v) is 29.1. The summed E-state index contributed by atoms with van der Waals surface area (Å²) in [6.45, 7) is 11.0. The third-order valence-electron chi connectivity index (χ3n) is 8.99. The number of nitrogens with zero attached hydrogens (tertiary/aromatic N) is 2. The summed E-state index contributed by atoms with van der Waals surface area (Å²) in [5, 5.41) is 15.0. The minimum absolute atomic E-state index is 0.0144. The van der Waals surface area contributed by atoms with Crippen molar-refractivity contribution in [1.82, 2.24) is 20.1 Å². The van der Waals surface area contributed by atoms with Crippen LogP contribution >= 0.6 is 0 Å². The minimum atomic E-state index is -4.27. The number of amides is 2. The van der Waals surface area contributed by atoms with E-state index < -0.39 is 59.8 Å². The molecule has 2 heterocycles. The van der Waals surface area contributed by atoms with Crippen LogP contribution in [0.25, 0.3) is 11.1 Å². The number of aromatic nitrogens is 1. The fourth-order valence-corrected chi connectivity index (χ4v) is 6.55. The lowest BCUT2D eigenvalue weighted by Gasteiger charge is -2.40. The Bertz CT molecular complexity index is 1790. The zero-order valence-electron chi connectivity index (χ0n) is 29.1. The lowest BCUT2D eigenvalue weighted by atomic mass is 9.89. The predicted molar refractivity (Wildman–Crippen MR) is 181 cm³/mol. The number of carbonyl (C=O) groups is 3. The third-order valence-corrected chi connectivity index (χ3v) is 8.99. The number of aryl methyl sites for hydroxylation is 4. The van der Waals surface area contributed by atoms with Crippen LogP contribution in [0.4, 0.5) is 17.6 Å². The first-order chi connectivity index (χ1) is 23.3. The van der Waals surface area contributed by atoms with Gasteiger partial charge in [-0.25, -0.2) is 4.39 Å². The number of benzene rings is 2. The lowest BCUT2D eigenvalue weighted by molar-refractivity contribution is -0.209. The van der Waals surface area contributed by atoms with Crippen molar-refractivity contribution in [2.75, 3.05) is 19.6 Å². The van der Waals surface area contributed by atoms with E-state index in [2.05, 4.69) is 10.6 Å². The van der Waals surface area contributed by atoms with Crippen molar-refractivity contribution in [3.05, 3.63) is 92.1 Å². The number of aliphatic carboxylic acids is 1. The van der Waals surface area contributed by atoms with Crippen LogP contribution in [-0.2, 0) is 16.1 Å². The van der Waals surface area contributed by atoms with E-state index in [0.717, 1.165) is 22.3 Å². The molecule has 0 unspecified atom stereocenters. The van der Waals surface area contributed by atoms with Gasteiger partial charge < -0.3 is 25.2 Å². The zero-order chi connectivity index (χ0) is 37.1. The van der Waals surface area contributed by atoms with Gasteiger partial charge in [0.2, 0.25) is 5.91 Å². The summed E-state index contributed by atoms with van der Waals surface area (Å²) < 4.78 is 55.5. The first-order valence-corrected chi connectivity index (χ1v) is 16.6. The van der Waals surface area contributed by atoms with E-state index in [1.807, 2.05) is 46.8 Å². The van der Waals surface area contributed by atoms with Gasteiger partial charge in [0.1, 0.15) is 17.4 Å². The van der Waals surface area contributed by atoms with Crippen LogP contribution in [0.3, 0.4) is 0 Å². The SMILES string of the molecule is Cc1cc(C)c(-c2cc(C)c(F)c([C@H](CC(=O)O)NC(=O)[C@H](CC(C)C)NC(=O)c3cccn(CCN4CC(C(F)(F)F)C4)c3=O)c2)c(C)c1. The maximum atomic E-state index is 15.7. The van der Waals surface area contributed by atoms with Crippen LogP contribution in [0.1, 0.15) is 70.9 Å². The van der Waals surface area contributed by atoms with Crippen molar-refractivity contribution in [2.24, 2.45) is 11.8 Å². The molecule has 1 fully saturated rings. The Morgan fingerprint density at radius 3 is 2.18 bits per heavy atom. The molecule has 0 radical (unpaired) electrons. The molecule has 270 valence electrons. The van der Waals surface area contributed by atoms with Gasteiger partial charge in [-0.05, 0) is 92.1 Å². The Morgan fingerprint density at radius 2 is 1.60 bits per heavy atom. The van der Waals surface area contributed by atoms with Gasteiger partial charge >= 0.3 is 12.1 Å². The number of alkyl halides is 3. The van der Waals surface area contributed by atoms with Gasteiger partial charge in [-0.1, -0.05) is 31.5 Å². The van der Waals surface area contributed by atoms with E-state index >= 15 is 4.39 Å². The third kappa shape index (κ3) is 9.17. The smallest absolute Gasteiger partial charge is 0.394 e. The largest absolute Gasteiger partial charge is 0.481 e. The molecule has 1 aliphatic heterocycles. The van der Waals surface area contributed by atoms with Crippen molar-refractivity contribution in [2.45, 2.75) is 79.2 Å². The van der Waals surface area contributed by atoms with Crippen molar-refractivity contribution in [3.8, 4) is 11.1 Å². The molecule has 13 heteroatoms. The van der Waals surface area contributed by atoms with Gasteiger partial charge in [-0.2, -0.15) is 13.2 Å². The summed E-state index contributed by atoms with van der Waals surface area (Å²) in [4.78, 5) is 53.9. The average Bonchev–Trinajstić information content (AvgIpc) is 2.96. The van der Waals surface area contributed by atoms with Gasteiger partial charge in [0, 0.05) is 37.9 Å². The summed E-state index contributed by atoms with van der Waals surface area (Å²) in [6.07, 6.45) is -3.35. The Kier molecular flexibility index (Phi) is 11.9. The maximum absolute atomic E-state index is 15.7. The van der Waals surface area contributed by atoms with Crippen molar-refractivity contribution in [1.29, 1.82) is 0 Å². The van der Waals surface area contributed by atoms with Crippen molar-refractivity contribution < 1.29 is 37.1 Å². The van der Waals surface area contributed by atoms with E-state index in [9.17, 15) is 37.5 Å². The van der Waals surface area contributed by atoms with Crippen LogP contribution < -0.4 is 16.2 Å². The Morgan fingerprint density at radius 1 is 0.960 bits per heavy atom. The van der Waals surface area contributed by atoms with Crippen LogP contribution in [-0.4, -0.2) is 64.2 Å². The number of hydrogen-bond donors (Lipinski definition) is 3. The molecule has 9 nitrogen and oxygen atoms in total. The number of halogens is 4. The number of carboxylic acids is 1. The van der Waals surface area contributed by atoms with E-state index in [1.54, 1.807) is 24.0 Å². The van der Waals surface area contributed by atoms with Gasteiger partial charge in [0.05, 0.1) is 18.4 Å². The van der Waals surface area contributed by atoms with E-state index in [1.165, 1.54) is 22.9 Å². The summed E-state index contributed by atoms with van der Waals surface area (Å²) in [6, 6.07) is 7.47. The average molecular weight is 701 g/mol. The highest BCUT2D eigenvalue weighted by molar-refractivity contribution is 5.97. The molecule has 1 aliphatic rings. The number of carboxylic acid groups (broad SMARTS) is 1. The number of rotatable bonds is 13. The van der Waals surface area contributed by atoms with Gasteiger partial charge in [0.25, 0.3) is 11.5 Å². The second-order valence-electron chi connectivity index (χ2n) is 13.7. The van der Waals surface area contributed by atoms with E-state index in [4.69, 9.17) is 0 Å². The topological polar surface area (TPSA) is 121 Å². The first kappa shape index (κ1) is 38.3. The van der Waals surface area contributed by atoms with Crippen molar-refractivity contribution in [3.63, 3.8) is 0 Å². The monoisotopic (exact) mass is 700 g/mol. The number of likely N-dealkylation sites (tertiary alicyclic amines) is 1. The van der Waals surface area contributed by atoms with Gasteiger partial charge in [-0.15, -0.1) is 0 Å². The number of nitrogens with one attached hydrogen (secondary N) is 2. The highest BCUT2D eigenvalue weighted by Crippen LogP contribution is 2.35. The van der Waals surface area contributed by atoms with Crippen LogP contribution in [0.15, 0.2) is 47.4 Å². The molecule has 3 aromatic rings. The molecular formula is C37H44F4N4O5. The fraction of sp³-hybridized carbons (Fsp3) is 0.459. The molecule has 0 aliphatic carbocycles. The Labute approximate surface area is 288 Å². The normalized spacial score (nSPS) is 15.0. The molecule has 4 rings (SSSR count). The van der Waals surface area contributed by atoms with Gasteiger partial charge in [-0.3, -0.25) is 19.2 Å². The molecule has 2 atom stereocenters. The summed E-state index contributed by atoms with van der Waals surface area (Å²) in [5.41, 5.74) is 3.80. The number of pyridine rings is 1. The second kappa shape index (κ2) is 15.6. The maximum Gasteiger partial charge on any atom is 0.394 e. The molecule has 1 saturated heterocycles.